The Morgan fingerprint density at radius 3 is 2.94 bits per heavy atom. The quantitative estimate of drug-likeness (QED) is 0.289. The van der Waals surface area contributed by atoms with E-state index in [1.807, 2.05) is 38.1 Å². The second-order valence-electron chi connectivity index (χ2n) is 7.64. The third kappa shape index (κ3) is 6.95. The number of hydrogen-bond donors (Lipinski definition) is 1. The van der Waals surface area contributed by atoms with Crippen molar-refractivity contribution in [2.24, 2.45) is 0 Å². The molecule has 1 atom stereocenters. The van der Waals surface area contributed by atoms with E-state index in [1.165, 1.54) is 6.07 Å². The van der Waals surface area contributed by atoms with Crippen LogP contribution in [0.25, 0.3) is 0 Å². The Morgan fingerprint density at radius 2 is 2.22 bits per heavy atom. The summed E-state index contributed by atoms with van der Waals surface area (Å²) in [6, 6.07) is 8.63. The van der Waals surface area contributed by atoms with Crippen LogP contribution in [0, 0.1) is 22.0 Å². The SMILES string of the molecule is CC(C)(C#Cc1cccc(COc2cc(O[B]O)cnc2[N+](=O)[O-])c1)OC1CCCCO1. The van der Waals surface area contributed by atoms with Crippen LogP contribution < -0.4 is 9.39 Å². The lowest BCUT2D eigenvalue weighted by Gasteiger charge is -2.29. The summed E-state index contributed by atoms with van der Waals surface area (Å²) >= 11 is 0. The molecule has 2 heterocycles. The highest BCUT2D eigenvalue weighted by molar-refractivity contribution is 6.17. The van der Waals surface area contributed by atoms with E-state index in [0.717, 1.165) is 36.6 Å². The van der Waals surface area contributed by atoms with Crippen molar-refractivity contribution < 1.29 is 28.8 Å². The van der Waals surface area contributed by atoms with E-state index in [2.05, 4.69) is 16.8 Å². The Hall–Kier alpha value is -3.13. The van der Waals surface area contributed by atoms with Gasteiger partial charge >= 0.3 is 13.5 Å². The molecule has 1 aromatic carbocycles. The number of nitro groups is 1. The number of benzene rings is 1. The van der Waals surface area contributed by atoms with E-state index in [1.54, 1.807) is 0 Å². The average Bonchev–Trinajstić information content (AvgIpc) is 2.77. The van der Waals surface area contributed by atoms with Crippen molar-refractivity contribution in [3.63, 3.8) is 0 Å². The molecule has 0 aliphatic carbocycles. The van der Waals surface area contributed by atoms with Crippen molar-refractivity contribution in [1.29, 1.82) is 0 Å². The summed E-state index contributed by atoms with van der Waals surface area (Å²) in [7, 11) is 0.459. The van der Waals surface area contributed by atoms with Crippen LogP contribution >= 0.6 is 0 Å². The number of pyridine rings is 1. The summed E-state index contributed by atoms with van der Waals surface area (Å²) in [5.41, 5.74) is 0.845. The van der Waals surface area contributed by atoms with Crippen molar-refractivity contribution >= 4 is 13.5 Å². The molecule has 3 rings (SSSR count). The topological polar surface area (TPSA) is 113 Å². The maximum absolute atomic E-state index is 11.2. The zero-order valence-electron chi connectivity index (χ0n) is 17.9. The fraction of sp³-hybridized carbons (Fsp3) is 0.409. The Balaban J connectivity index is 1.68. The second kappa shape index (κ2) is 11.0. The lowest BCUT2D eigenvalue weighted by molar-refractivity contribution is -0.390. The normalized spacial score (nSPS) is 15.9. The van der Waals surface area contributed by atoms with Crippen LogP contribution in [0.5, 0.6) is 11.5 Å². The van der Waals surface area contributed by atoms with Crippen LogP contribution in [-0.4, -0.2) is 41.1 Å². The molecular formula is C22H24BN2O7. The van der Waals surface area contributed by atoms with Gasteiger partial charge in [0.2, 0.25) is 5.75 Å². The van der Waals surface area contributed by atoms with Crippen molar-refractivity contribution in [2.75, 3.05) is 6.61 Å². The first kappa shape index (κ1) is 23.5. The summed E-state index contributed by atoms with van der Waals surface area (Å²) < 4.78 is 22.0. The Morgan fingerprint density at radius 1 is 1.38 bits per heavy atom. The molecule has 10 heteroatoms. The van der Waals surface area contributed by atoms with Gasteiger partial charge in [0.15, 0.2) is 12.5 Å². The van der Waals surface area contributed by atoms with Gasteiger partial charge in [-0.05, 0) is 60.7 Å². The highest BCUT2D eigenvalue weighted by atomic mass is 16.7. The van der Waals surface area contributed by atoms with Gasteiger partial charge in [-0.25, -0.2) is 0 Å². The maximum atomic E-state index is 11.2. The summed E-state index contributed by atoms with van der Waals surface area (Å²) in [5.74, 6) is 5.83. The van der Waals surface area contributed by atoms with Gasteiger partial charge in [0.1, 0.15) is 18.0 Å². The van der Waals surface area contributed by atoms with Crippen LogP contribution in [0.4, 0.5) is 5.82 Å². The molecular weight excluding hydrogens is 415 g/mol. The first-order valence-corrected chi connectivity index (χ1v) is 10.2. The minimum absolute atomic E-state index is 0.0557. The molecule has 1 N–H and O–H groups in total. The predicted molar refractivity (Wildman–Crippen MR) is 116 cm³/mol. The molecule has 9 nitrogen and oxygen atoms in total. The molecule has 1 aliphatic heterocycles. The monoisotopic (exact) mass is 439 g/mol. The molecule has 0 saturated carbocycles. The van der Waals surface area contributed by atoms with E-state index in [4.69, 9.17) is 23.9 Å². The molecule has 1 saturated heterocycles. The highest BCUT2D eigenvalue weighted by Crippen LogP contribution is 2.29. The van der Waals surface area contributed by atoms with Gasteiger partial charge in [-0.3, -0.25) is 0 Å². The smallest absolute Gasteiger partial charge is 0.535 e. The second-order valence-corrected chi connectivity index (χ2v) is 7.64. The first-order chi connectivity index (χ1) is 15.4. The third-order valence-corrected chi connectivity index (χ3v) is 4.56. The van der Waals surface area contributed by atoms with E-state index in [0.29, 0.717) is 14.3 Å². The minimum Gasteiger partial charge on any atom is -0.535 e. The highest BCUT2D eigenvalue weighted by Gasteiger charge is 2.24. The van der Waals surface area contributed by atoms with Crippen molar-refractivity contribution in [3.05, 3.63) is 57.8 Å². The minimum atomic E-state index is -0.676. The van der Waals surface area contributed by atoms with Crippen LogP contribution in [-0.2, 0) is 16.1 Å². The van der Waals surface area contributed by atoms with Gasteiger partial charge in [0.25, 0.3) is 0 Å². The first-order valence-electron chi connectivity index (χ1n) is 10.2. The van der Waals surface area contributed by atoms with Crippen LogP contribution in [0.1, 0.15) is 44.2 Å². The predicted octanol–water partition coefficient (Wildman–Crippen LogP) is 3.15. The maximum Gasteiger partial charge on any atom is 0.569 e. The van der Waals surface area contributed by atoms with Gasteiger partial charge in [-0.1, -0.05) is 24.0 Å². The number of rotatable bonds is 8. The van der Waals surface area contributed by atoms with Gasteiger partial charge in [0.05, 0.1) is 0 Å². The number of hydrogen-bond acceptors (Lipinski definition) is 8. The van der Waals surface area contributed by atoms with Gasteiger partial charge in [-0.15, -0.1) is 0 Å². The number of nitrogens with zero attached hydrogens (tertiary/aromatic N) is 2. The van der Waals surface area contributed by atoms with Gasteiger partial charge in [0, 0.05) is 18.2 Å². The molecule has 1 radical (unpaired) electrons. The molecule has 1 fully saturated rings. The van der Waals surface area contributed by atoms with Gasteiger partial charge in [-0.2, -0.15) is 0 Å². The van der Waals surface area contributed by atoms with E-state index in [9.17, 15) is 10.1 Å². The fourth-order valence-electron chi connectivity index (χ4n) is 3.07. The summed E-state index contributed by atoms with van der Waals surface area (Å²) in [5, 5.41) is 20.0. The molecule has 32 heavy (non-hydrogen) atoms. The number of ether oxygens (including phenoxy) is 3. The standard InChI is InChI=1S/C22H24BN2O7/c1-22(2,31-20-8-3-4-11-29-20)10-9-16-6-5-7-17(12-16)15-30-19-13-18(32-23-26)14-24-21(19)25(27)28/h5-7,12-14,20,26H,3-4,8,11,15H2,1-2H3. The molecule has 1 aromatic heterocycles. The van der Waals surface area contributed by atoms with Crippen molar-refractivity contribution in [2.45, 2.75) is 51.6 Å². The Labute approximate surface area is 187 Å². The summed E-state index contributed by atoms with van der Waals surface area (Å²) in [6.07, 6.45) is 3.88. The number of aromatic nitrogens is 1. The van der Waals surface area contributed by atoms with E-state index >= 15 is 0 Å². The van der Waals surface area contributed by atoms with Crippen molar-refractivity contribution in [1.82, 2.24) is 4.98 Å². The largest absolute Gasteiger partial charge is 0.569 e. The van der Waals surface area contributed by atoms with E-state index in [-0.39, 0.29) is 24.4 Å². The van der Waals surface area contributed by atoms with Crippen LogP contribution in [0.15, 0.2) is 36.5 Å². The average molecular weight is 439 g/mol. The molecule has 1 aliphatic rings. The van der Waals surface area contributed by atoms with E-state index < -0.39 is 16.3 Å². The molecule has 0 bridgehead atoms. The zero-order valence-corrected chi connectivity index (χ0v) is 17.9. The summed E-state index contributed by atoms with van der Waals surface area (Å²) in [6.45, 7) is 4.56. The van der Waals surface area contributed by atoms with Gasteiger partial charge < -0.3 is 34.0 Å². The lowest BCUT2D eigenvalue weighted by Crippen LogP contribution is -2.33. The summed E-state index contributed by atoms with van der Waals surface area (Å²) in [4.78, 5) is 14.3. The Kier molecular flexibility index (Phi) is 8.06. The molecule has 0 spiro atoms. The molecule has 2 aromatic rings. The molecule has 0 amide bonds. The van der Waals surface area contributed by atoms with Crippen LogP contribution in [0.3, 0.4) is 0 Å². The zero-order chi connectivity index (χ0) is 23.0. The molecule has 167 valence electrons. The van der Waals surface area contributed by atoms with Crippen molar-refractivity contribution in [3.8, 4) is 23.3 Å². The molecule has 1 unspecified atom stereocenters. The lowest BCUT2D eigenvalue weighted by atomic mass is 10.1. The Bertz CT molecular complexity index is 997. The van der Waals surface area contributed by atoms with Crippen LogP contribution in [0.2, 0.25) is 0 Å². The third-order valence-electron chi connectivity index (χ3n) is 4.56. The fourth-order valence-corrected chi connectivity index (χ4v) is 3.07.